The van der Waals surface area contributed by atoms with Gasteiger partial charge in [0.05, 0.1) is 17.5 Å². The van der Waals surface area contributed by atoms with Gasteiger partial charge in [0.25, 0.3) is 0 Å². The number of nitrogens with one attached hydrogen (secondary N) is 1. The lowest BCUT2D eigenvalue weighted by molar-refractivity contribution is -0.126. The van der Waals surface area contributed by atoms with Crippen molar-refractivity contribution in [3.63, 3.8) is 0 Å². The van der Waals surface area contributed by atoms with E-state index >= 15 is 0 Å². The van der Waals surface area contributed by atoms with Gasteiger partial charge in [-0.3, -0.25) is 4.79 Å². The lowest BCUT2D eigenvalue weighted by Crippen LogP contribution is -2.52. The van der Waals surface area contributed by atoms with Crippen molar-refractivity contribution in [3.05, 3.63) is 0 Å². The van der Waals surface area contributed by atoms with Crippen LogP contribution in [0, 0.1) is 17.2 Å². The number of rotatable bonds is 2. The number of carbonyl (C=O) groups excluding carboxylic acids is 1. The molecule has 0 aliphatic heterocycles. The normalized spacial score (nSPS) is 27.0. The highest BCUT2D eigenvalue weighted by Gasteiger charge is 2.31. The molecule has 0 aromatic heterocycles. The zero-order valence-electron chi connectivity index (χ0n) is 8.71. The second kappa shape index (κ2) is 3.97. The van der Waals surface area contributed by atoms with Crippen molar-refractivity contribution in [2.75, 3.05) is 0 Å². The summed E-state index contributed by atoms with van der Waals surface area (Å²) < 4.78 is 0. The van der Waals surface area contributed by atoms with Gasteiger partial charge in [-0.1, -0.05) is 0 Å². The van der Waals surface area contributed by atoms with E-state index in [2.05, 4.69) is 11.4 Å². The Morgan fingerprint density at radius 2 is 2.21 bits per heavy atom. The molecule has 0 spiro atoms. The molecule has 0 saturated heterocycles. The van der Waals surface area contributed by atoms with Crippen LogP contribution < -0.4 is 11.1 Å². The minimum atomic E-state index is -0.859. The molecule has 0 radical (unpaired) electrons. The monoisotopic (exact) mass is 195 g/mol. The molecule has 0 heterocycles. The highest BCUT2D eigenvalue weighted by Crippen LogP contribution is 2.25. The maximum atomic E-state index is 11.5. The van der Waals surface area contributed by atoms with E-state index in [1.165, 1.54) is 0 Å². The summed E-state index contributed by atoms with van der Waals surface area (Å²) in [7, 11) is 0. The van der Waals surface area contributed by atoms with Crippen molar-refractivity contribution in [2.24, 2.45) is 11.7 Å². The Hall–Kier alpha value is -1.08. The van der Waals surface area contributed by atoms with Gasteiger partial charge in [0.1, 0.15) is 0 Å². The van der Waals surface area contributed by atoms with Crippen molar-refractivity contribution in [1.29, 1.82) is 5.26 Å². The summed E-state index contributed by atoms with van der Waals surface area (Å²) in [4.78, 5) is 11.5. The van der Waals surface area contributed by atoms with Crippen molar-refractivity contribution in [1.82, 2.24) is 5.32 Å². The Morgan fingerprint density at radius 1 is 1.57 bits per heavy atom. The van der Waals surface area contributed by atoms with Crippen LogP contribution in [0.4, 0.5) is 0 Å². The van der Waals surface area contributed by atoms with Crippen LogP contribution in [0.2, 0.25) is 0 Å². The molecule has 1 fully saturated rings. The number of nitriles is 1. The summed E-state index contributed by atoms with van der Waals surface area (Å²) in [6, 6.07) is 2.21. The molecule has 0 aromatic rings. The molecule has 1 amide bonds. The number of nitrogens with two attached hydrogens (primary N) is 1. The van der Waals surface area contributed by atoms with Gasteiger partial charge in [0.2, 0.25) is 5.91 Å². The molecule has 3 N–H and O–H groups in total. The zero-order valence-corrected chi connectivity index (χ0v) is 8.71. The Kier molecular flexibility index (Phi) is 3.12. The van der Waals surface area contributed by atoms with Gasteiger partial charge >= 0.3 is 0 Å². The predicted molar refractivity (Wildman–Crippen MR) is 53.2 cm³/mol. The van der Waals surface area contributed by atoms with Crippen LogP contribution in [-0.2, 0) is 4.79 Å². The zero-order chi connectivity index (χ0) is 10.8. The first-order valence-electron chi connectivity index (χ1n) is 4.94. The van der Waals surface area contributed by atoms with E-state index in [4.69, 9.17) is 11.0 Å². The summed E-state index contributed by atoms with van der Waals surface area (Å²) in [5.41, 5.74) is 4.79. The first-order chi connectivity index (χ1) is 6.45. The molecular formula is C10H17N3O. The highest BCUT2D eigenvalue weighted by molar-refractivity contribution is 5.85. The van der Waals surface area contributed by atoms with Gasteiger partial charge in [-0.2, -0.15) is 5.26 Å². The van der Waals surface area contributed by atoms with Gasteiger partial charge in [0.15, 0.2) is 0 Å². The molecule has 14 heavy (non-hydrogen) atoms. The minimum absolute atomic E-state index is 0.00433. The van der Waals surface area contributed by atoms with Crippen molar-refractivity contribution in [2.45, 2.75) is 44.7 Å². The van der Waals surface area contributed by atoms with Gasteiger partial charge in [-0.05, 0) is 33.1 Å². The second-order valence-electron chi connectivity index (χ2n) is 4.47. The van der Waals surface area contributed by atoms with Crippen molar-refractivity contribution >= 4 is 5.91 Å². The van der Waals surface area contributed by atoms with E-state index < -0.39 is 5.54 Å². The molecule has 1 aliphatic carbocycles. The van der Waals surface area contributed by atoms with Crippen LogP contribution in [0.1, 0.15) is 33.1 Å². The molecule has 2 atom stereocenters. The minimum Gasteiger partial charge on any atom is -0.350 e. The Labute approximate surface area is 84.5 Å². The molecule has 1 saturated carbocycles. The number of nitrogens with zero attached hydrogens (tertiary/aromatic N) is 1. The predicted octanol–water partition coefficient (Wildman–Crippen LogP) is 0.532. The number of hydrogen-bond donors (Lipinski definition) is 2. The average molecular weight is 195 g/mol. The summed E-state index contributed by atoms with van der Waals surface area (Å²) in [6.07, 6.45) is 2.78. The molecule has 4 nitrogen and oxygen atoms in total. The molecule has 1 aliphatic rings. The molecule has 2 unspecified atom stereocenters. The molecule has 0 aromatic carbocycles. The average Bonchev–Trinajstić information content (AvgIpc) is 2.50. The Balaban J connectivity index is 2.53. The number of hydrogen-bond acceptors (Lipinski definition) is 3. The maximum absolute atomic E-state index is 11.5. The quantitative estimate of drug-likeness (QED) is 0.674. The van der Waals surface area contributed by atoms with Crippen molar-refractivity contribution in [3.8, 4) is 6.07 Å². The summed E-state index contributed by atoms with van der Waals surface area (Å²) in [5.74, 6) is -0.217. The van der Waals surface area contributed by atoms with Crippen LogP contribution in [0.3, 0.4) is 0 Å². The number of amides is 1. The van der Waals surface area contributed by atoms with E-state index in [1.807, 2.05) is 0 Å². The molecule has 0 bridgehead atoms. The molecule has 78 valence electrons. The topological polar surface area (TPSA) is 78.9 Å². The van der Waals surface area contributed by atoms with Gasteiger partial charge in [-0.25, -0.2) is 0 Å². The fraction of sp³-hybridized carbons (Fsp3) is 0.800. The molecule has 1 rings (SSSR count). The maximum Gasteiger partial charge on any atom is 0.239 e. The van der Waals surface area contributed by atoms with Crippen LogP contribution >= 0.6 is 0 Å². The van der Waals surface area contributed by atoms with E-state index in [-0.39, 0.29) is 17.9 Å². The fourth-order valence-corrected chi connectivity index (χ4v) is 1.64. The van der Waals surface area contributed by atoms with Crippen molar-refractivity contribution < 1.29 is 4.79 Å². The Morgan fingerprint density at radius 3 is 2.71 bits per heavy atom. The van der Waals surface area contributed by atoms with Gasteiger partial charge in [-0.15, -0.1) is 0 Å². The summed E-state index contributed by atoms with van der Waals surface area (Å²) >= 11 is 0. The summed E-state index contributed by atoms with van der Waals surface area (Å²) in [6.45, 7) is 3.33. The summed E-state index contributed by atoms with van der Waals surface area (Å²) in [5, 5.41) is 11.7. The first kappa shape index (κ1) is 11.0. The SMILES string of the molecule is CC(C)(N)C(=O)NC1CCCC1C#N. The van der Waals surface area contributed by atoms with E-state index in [1.54, 1.807) is 13.8 Å². The third-order valence-electron chi connectivity index (χ3n) is 2.58. The largest absolute Gasteiger partial charge is 0.350 e. The lowest BCUT2D eigenvalue weighted by Gasteiger charge is -2.22. The molecular weight excluding hydrogens is 178 g/mol. The van der Waals surface area contributed by atoms with Crippen LogP contribution in [0.5, 0.6) is 0 Å². The third kappa shape index (κ3) is 2.46. The van der Waals surface area contributed by atoms with Gasteiger partial charge < -0.3 is 11.1 Å². The van der Waals surface area contributed by atoms with Gasteiger partial charge in [0, 0.05) is 6.04 Å². The lowest BCUT2D eigenvalue weighted by atomic mass is 10.0. The first-order valence-corrected chi connectivity index (χ1v) is 4.94. The van der Waals surface area contributed by atoms with Crippen LogP contribution in [0.25, 0.3) is 0 Å². The van der Waals surface area contributed by atoms with E-state index in [0.717, 1.165) is 19.3 Å². The van der Waals surface area contributed by atoms with Crippen LogP contribution in [-0.4, -0.2) is 17.5 Å². The Bertz CT molecular complexity index is 262. The standard InChI is InChI=1S/C10H17N3O/c1-10(2,12)9(14)13-8-5-3-4-7(8)6-11/h7-8H,3-5,12H2,1-2H3,(H,13,14). The van der Waals surface area contributed by atoms with Crippen LogP contribution in [0.15, 0.2) is 0 Å². The number of carbonyl (C=O) groups is 1. The third-order valence-corrected chi connectivity index (χ3v) is 2.58. The van der Waals surface area contributed by atoms with E-state index in [9.17, 15) is 4.79 Å². The van der Waals surface area contributed by atoms with E-state index in [0.29, 0.717) is 0 Å². The second-order valence-corrected chi connectivity index (χ2v) is 4.47. The highest BCUT2D eigenvalue weighted by atomic mass is 16.2. The molecule has 4 heteroatoms. The smallest absolute Gasteiger partial charge is 0.239 e. The fourth-order valence-electron chi connectivity index (χ4n) is 1.64.